The third kappa shape index (κ3) is 9.49. The van der Waals surface area contributed by atoms with Gasteiger partial charge in [-0.05, 0) is 68.6 Å². The van der Waals surface area contributed by atoms with Gasteiger partial charge in [0, 0.05) is 30.1 Å². The molecule has 12 radical (unpaired) electrons. The van der Waals surface area contributed by atoms with Gasteiger partial charge in [-0.3, -0.25) is 0 Å². The van der Waals surface area contributed by atoms with Crippen molar-refractivity contribution in [3.63, 3.8) is 0 Å². The SMILES string of the molecule is CC(C)([C]1[CH][CH][CH][CH]1)[C]1[CH][CH][CH][CH]1.C[Si](C)(C)[Si]([Si](C)(C)C)[Si](C)(C)C.[CH3-].[Zr+3]. The fourth-order valence-corrected chi connectivity index (χ4v) is 92.9. The molecule has 0 spiro atoms. The maximum Gasteiger partial charge on any atom is 3.00 e. The molecule has 2 saturated carbocycles. The van der Waals surface area contributed by atoms with Gasteiger partial charge in [0.1, 0.15) is 0 Å². The maximum absolute atomic E-state index is 2.61. The molecule has 2 aliphatic carbocycles. The average Bonchev–Trinajstić information content (AvgIpc) is 3.08. The van der Waals surface area contributed by atoms with Gasteiger partial charge in [0.05, 0.1) is 0 Å². The molecule has 0 unspecified atom stereocenters. The van der Waals surface area contributed by atoms with Gasteiger partial charge < -0.3 is 7.43 Å². The first-order valence-corrected chi connectivity index (χ1v) is 24.9. The van der Waals surface area contributed by atoms with Crippen LogP contribution in [-0.2, 0) is 26.2 Å². The molecule has 2 fully saturated rings. The quantitative estimate of drug-likeness (QED) is 0.269. The van der Waals surface area contributed by atoms with Crippen LogP contribution in [0.3, 0.4) is 0 Å². The second-order valence-electron chi connectivity index (χ2n) is 11.1. The normalized spacial score (nSPS) is 19.7. The molecule has 0 bridgehead atoms. The molecule has 0 atom stereocenters. The van der Waals surface area contributed by atoms with E-state index in [0.717, 1.165) is 0 Å². The van der Waals surface area contributed by atoms with Gasteiger partial charge in [-0.25, -0.2) is 0 Å². The number of rotatable bonds is 5. The van der Waals surface area contributed by atoms with Crippen LogP contribution in [0.5, 0.6) is 0 Å². The van der Waals surface area contributed by atoms with E-state index in [1.54, 1.807) is 0 Å². The Morgan fingerprint density at radius 3 is 0.929 bits per heavy atom. The van der Waals surface area contributed by atoms with Crippen molar-refractivity contribution in [2.75, 3.05) is 0 Å². The van der Waals surface area contributed by atoms with E-state index in [1.165, 1.54) is 11.8 Å². The molecule has 0 aromatic rings. The summed E-state index contributed by atoms with van der Waals surface area (Å²) in [6.07, 6.45) is 17.1. The number of hydrogen-bond donors (Lipinski definition) is 0. The first-order chi connectivity index (χ1) is 11.6. The summed E-state index contributed by atoms with van der Waals surface area (Å²) < 4.78 is 0. The van der Waals surface area contributed by atoms with Crippen LogP contribution < -0.4 is 0 Å². The van der Waals surface area contributed by atoms with Crippen LogP contribution in [0.15, 0.2) is 0 Å². The van der Waals surface area contributed by atoms with Gasteiger partial charge >= 0.3 is 26.2 Å². The summed E-state index contributed by atoms with van der Waals surface area (Å²) in [5, 5.41) is 0. The molecular weight excluding hydrogens is 480 g/mol. The Labute approximate surface area is 204 Å². The Morgan fingerprint density at radius 1 is 0.571 bits per heavy atom. The van der Waals surface area contributed by atoms with Crippen molar-refractivity contribution in [1.82, 2.24) is 0 Å². The minimum absolute atomic E-state index is 0. The molecule has 28 heavy (non-hydrogen) atoms. The molecule has 2 rings (SSSR count). The van der Waals surface area contributed by atoms with E-state index < -0.39 is 22.8 Å². The Morgan fingerprint density at radius 2 is 0.786 bits per heavy atom. The van der Waals surface area contributed by atoms with Gasteiger partial charge in [-0.1, -0.05) is 72.8 Å². The Kier molecular flexibility index (Phi) is 13.8. The molecule has 0 amide bonds. The summed E-state index contributed by atoms with van der Waals surface area (Å²) in [6.45, 7) is 28.0. The van der Waals surface area contributed by atoms with Crippen molar-refractivity contribution in [2.45, 2.75) is 72.8 Å². The predicted molar refractivity (Wildman–Crippen MR) is 137 cm³/mol. The Balaban J connectivity index is 0. The van der Waals surface area contributed by atoms with Gasteiger partial charge in [-0.15, -0.1) is 0 Å². The summed E-state index contributed by atoms with van der Waals surface area (Å²) in [5.74, 6) is 2.78. The summed E-state index contributed by atoms with van der Waals surface area (Å²) in [4.78, 5) is 0. The van der Waals surface area contributed by atoms with Gasteiger partial charge in [-0.2, -0.15) is 0 Å². The largest absolute Gasteiger partial charge is 3.00 e. The summed E-state index contributed by atoms with van der Waals surface area (Å²) >= 11 is 0. The standard InChI is InChI=1S/C13H14.C9H27Si4.CH3.Zr/c1-13(2,11-7-3-4-8-11)12-9-5-6-10-12;1-11(2,3)10(12(4,5)6)13(7,8)9;;/h3-10H,1-2H3;1-9H3;1H3;/q;;-1;+3. The number of hydrogen-bond acceptors (Lipinski definition) is 0. The first-order valence-electron chi connectivity index (χ1n) is 9.90. The van der Waals surface area contributed by atoms with Crippen molar-refractivity contribution in [3.05, 3.63) is 70.6 Å². The van der Waals surface area contributed by atoms with Crippen molar-refractivity contribution in [1.29, 1.82) is 0 Å². The summed E-state index contributed by atoms with van der Waals surface area (Å²) in [6, 6.07) is 0. The van der Waals surface area contributed by atoms with Crippen LogP contribution in [0, 0.1) is 76.0 Å². The van der Waals surface area contributed by atoms with Crippen molar-refractivity contribution < 1.29 is 26.2 Å². The van der Waals surface area contributed by atoms with E-state index in [2.05, 4.69) is 124 Å². The van der Waals surface area contributed by atoms with Crippen LogP contribution in [0.25, 0.3) is 0 Å². The second-order valence-corrected chi connectivity index (χ2v) is 47.8. The topological polar surface area (TPSA) is 0 Å². The second kappa shape index (κ2) is 12.1. The van der Waals surface area contributed by atoms with Crippen LogP contribution in [0.1, 0.15) is 13.8 Å². The fraction of sp³-hybridized carbons (Fsp3) is 0.522. The van der Waals surface area contributed by atoms with E-state index in [9.17, 15) is 0 Å². The average molecular weight is 524 g/mol. The van der Waals surface area contributed by atoms with E-state index in [4.69, 9.17) is 0 Å². The summed E-state index contributed by atoms with van der Waals surface area (Å²) in [7, 11) is -2.47. The van der Waals surface area contributed by atoms with E-state index in [0.29, 0.717) is 0 Å². The van der Waals surface area contributed by atoms with E-state index in [1.807, 2.05) is 0 Å². The van der Waals surface area contributed by atoms with Gasteiger partial charge in [0.25, 0.3) is 0 Å². The van der Waals surface area contributed by atoms with Crippen molar-refractivity contribution >= 4 is 30.1 Å². The summed E-state index contributed by atoms with van der Waals surface area (Å²) in [5.41, 5.74) is 0.146. The molecule has 0 saturated heterocycles. The van der Waals surface area contributed by atoms with Crippen LogP contribution in [0.4, 0.5) is 0 Å². The molecule has 0 aromatic carbocycles. The van der Waals surface area contributed by atoms with Gasteiger partial charge in [0.2, 0.25) is 0 Å². The minimum Gasteiger partial charge on any atom is -0.358 e. The third-order valence-electron chi connectivity index (χ3n) is 5.02. The van der Waals surface area contributed by atoms with E-state index in [-0.39, 0.29) is 46.4 Å². The van der Waals surface area contributed by atoms with Gasteiger partial charge in [0.15, 0.2) is 0 Å². The van der Waals surface area contributed by atoms with Crippen molar-refractivity contribution in [2.24, 2.45) is 5.41 Å². The molecule has 0 heterocycles. The molecule has 5 heteroatoms. The molecule has 154 valence electrons. The van der Waals surface area contributed by atoms with Crippen LogP contribution >= 0.6 is 0 Å². The molecular formula is C23H44Si4Zr+2. The smallest absolute Gasteiger partial charge is 0.358 e. The zero-order valence-corrected chi connectivity index (χ0v) is 27.1. The molecule has 2 aliphatic rings. The fourth-order valence-electron chi connectivity index (χ4n) is 5.12. The molecule has 0 nitrogen and oxygen atoms in total. The van der Waals surface area contributed by atoms with E-state index >= 15 is 0 Å². The molecule has 0 N–H and O–H groups in total. The Bertz CT molecular complexity index is 366. The Hall–Kier alpha value is 1.75. The third-order valence-corrected chi connectivity index (χ3v) is 63.5. The molecule has 0 aliphatic heterocycles. The maximum atomic E-state index is 2.61. The zero-order chi connectivity index (χ0) is 20.4. The zero-order valence-electron chi connectivity index (χ0n) is 20.6. The van der Waals surface area contributed by atoms with Crippen LogP contribution in [0.2, 0.25) is 58.9 Å². The molecule has 0 aromatic heterocycles. The first kappa shape index (κ1) is 31.9. The predicted octanol–water partition coefficient (Wildman–Crippen LogP) is 7.00. The van der Waals surface area contributed by atoms with Crippen molar-refractivity contribution in [3.8, 4) is 0 Å². The monoisotopic (exact) mass is 522 g/mol. The van der Waals surface area contributed by atoms with Crippen LogP contribution in [-0.4, -0.2) is 30.1 Å². The minimum atomic E-state index is -0.832.